The Morgan fingerprint density at radius 1 is 0.530 bits per heavy atom. The topological polar surface area (TPSA) is 53.6 Å². The summed E-state index contributed by atoms with van der Waals surface area (Å²) < 4.78 is 0. The second kappa shape index (κ2) is 16.6. The first-order valence-corrected chi connectivity index (χ1v) is 22.7. The molecule has 6 aromatic carbocycles. The number of allylic oxidation sites excluding steroid dienone is 2. The van der Waals surface area contributed by atoms with E-state index >= 15 is 0 Å². The number of phenols is 1. The molecule has 0 saturated carbocycles. The fraction of sp³-hybridized carbons (Fsp3) is 0.164. The molecule has 8 aromatic rings. The Morgan fingerprint density at radius 3 is 1.92 bits per heavy atom. The number of para-hydroxylation sites is 4. The maximum atomic E-state index is 11.2. The molecule has 0 bridgehead atoms. The molecule has 0 saturated heterocycles. The van der Waals surface area contributed by atoms with Crippen molar-refractivity contribution in [2.75, 3.05) is 4.90 Å². The van der Waals surface area contributed by atoms with E-state index in [-0.39, 0.29) is 28.5 Å². The maximum absolute atomic E-state index is 11.2. The lowest BCUT2D eigenvalue weighted by Crippen LogP contribution is -2.28. The summed E-state index contributed by atoms with van der Waals surface area (Å²) in [6.07, 6.45) is 10.9. The molecule has 2 atom stereocenters. The minimum Gasteiger partial charge on any atom is -0.507 e. The Morgan fingerprint density at radius 2 is 1.18 bits per heavy atom. The fourth-order valence-electron chi connectivity index (χ4n) is 9.53. The molecule has 5 heteroatoms. The quantitative estimate of drug-likeness (QED) is 0.162. The van der Waals surface area contributed by atoms with Crippen molar-refractivity contribution in [2.24, 2.45) is 0 Å². The van der Waals surface area contributed by atoms with Crippen LogP contribution in [-0.2, 0) is 10.8 Å². The van der Waals surface area contributed by atoms with Crippen LogP contribution in [0.4, 0.5) is 17.1 Å². The molecule has 10 rings (SSSR count). The lowest BCUT2D eigenvalue weighted by Gasteiger charge is -2.29. The average Bonchev–Trinajstić information content (AvgIpc) is 3.68. The van der Waals surface area contributed by atoms with Crippen LogP contribution in [0.1, 0.15) is 64.2 Å². The summed E-state index contributed by atoms with van der Waals surface area (Å²) in [6, 6.07) is 54.6. The van der Waals surface area contributed by atoms with Gasteiger partial charge in [-0.1, -0.05) is 169 Å². The standard InChI is InChI=1S/C61H52N4O/c1-60(2,3)43-32-41(33-44(38-43)61(4,5)6)42-36-54(64-56(37-42)51-22-13-16-27-58(51)66)40-28-29-47(48-20-11-14-25-53(48)62-7)52(34-40)55-35-39(30-31-63-55)46-23-17-24-50-49-21-12-15-26-57(49)65(59(46)50)45-18-9-8-10-19-45/h8-38,49,57,66H,1-6H3. The molecule has 0 spiro atoms. The second-order valence-corrected chi connectivity index (χ2v) is 19.5. The van der Waals surface area contributed by atoms with Crippen LogP contribution in [0.25, 0.3) is 72.0 Å². The van der Waals surface area contributed by atoms with Crippen LogP contribution in [0.15, 0.2) is 188 Å². The predicted molar refractivity (Wildman–Crippen MR) is 273 cm³/mol. The van der Waals surface area contributed by atoms with Crippen molar-refractivity contribution >= 4 is 17.1 Å². The Kier molecular flexibility index (Phi) is 10.6. The molecule has 1 N–H and O–H groups in total. The smallest absolute Gasteiger partial charge is 0.194 e. The van der Waals surface area contributed by atoms with Gasteiger partial charge in [-0.25, -0.2) is 9.83 Å². The van der Waals surface area contributed by atoms with E-state index in [0.29, 0.717) is 16.9 Å². The summed E-state index contributed by atoms with van der Waals surface area (Å²) in [7, 11) is 0. The van der Waals surface area contributed by atoms with Crippen LogP contribution < -0.4 is 4.90 Å². The van der Waals surface area contributed by atoms with E-state index < -0.39 is 0 Å². The zero-order valence-corrected chi connectivity index (χ0v) is 38.3. The molecule has 2 unspecified atom stereocenters. The number of aromatic hydroxyl groups is 1. The molecule has 1 aliphatic heterocycles. The highest BCUT2D eigenvalue weighted by molar-refractivity contribution is 5.94. The number of rotatable bonds is 7. The molecule has 0 fully saturated rings. The van der Waals surface area contributed by atoms with E-state index in [1.807, 2.05) is 48.7 Å². The summed E-state index contributed by atoms with van der Waals surface area (Å²) in [5, 5.41) is 11.2. The number of phenolic OH excluding ortho intramolecular Hbond substituents is 1. The minimum absolute atomic E-state index is 0.0771. The number of benzene rings is 6. The second-order valence-electron chi connectivity index (χ2n) is 19.5. The molecule has 322 valence electrons. The van der Waals surface area contributed by atoms with Crippen molar-refractivity contribution in [3.63, 3.8) is 0 Å². The van der Waals surface area contributed by atoms with Crippen molar-refractivity contribution in [2.45, 2.75) is 64.3 Å². The van der Waals surface area contributed by atoms with Gasteiger partial charge in [0.25, 0.3) is 0 Å². The first-order valence-electron chi connectivity index (χ1n) is 22.7. The lowest BCUT2D eigenvalue weighted by atomic mass is 9.79. The van der Waals surface area contributed by atoms with Gasteiger partial charge in [0.2, 0.25) is 0 Å². The van der Waals surface area contributed by atoms with Crippen LogP contribution in [0.5, 0.6) is 5.75 Å². The molecule has 1 aliphatic carbocycles. The summed E-state index contributed by atoms with van der Waals surface area (Å²) in [4.78, 5) is 16.8. The van der Waals surface area contributed by atoms with Crippen LogP contribution in [0.3, 0.4) is 0 Å². The normalized spacial score (nSPS) is 15.3. The SMILES string of the molecule is [C-]#[N+]c1ccccc1-c1ccc(-c2cc(-c3cc(C(C)(C)C)cc(C(C)(C)C)c3)cc(-c3ccccc3O)n2)cc1-c1cc(-c2cccc3c2N(c2ccccc2)C2C=CC=CC32)ccn1. The van der Waals surface area contributed by atoms with Crippen LogP contribution in [0.2, 0.25) is 0 Å². The molecule has 0 radical (unpaired) electrons. The van der Waals surface area contributed by atoms with Gasteiger partial charge in [0.05, 0.1) is 35.4 Å². The number of pyridine rings is 2. The molecular formula is C61H52N4O. The molecule has 66 heavy (non-hydrogen) atoms. The molecule has 5 nitrogen and oxygen atoms in total. The predicted octanol–water partition coefficient (Wildman–Crippen LogP) is 16.1. The van der Waals surface area contributed by atoms with E-state index in [1.54, 1.807) is 6.07 Å². The summed E-state index contributed by atoms with van der Waals surface area (Å²) in [6.45, 7) is 21.7. The Hall–Kier alpha value is -7.81. The summed E-state index contributed by atoms with van der Waals surface area (Å²) >= 11 is 0. The molecule has 0 amide bonds. The van der Waals surface area contributed by atoms with Gasteiger partial charge in [0.15, 0.2) is 5.69 Å². The maximum Gasteiger partial charge on any atom is 0.194 e. The molecular weight excluding hydrogens is 805 g/mol. The van der Waals surface area contributed by atoms with E-state index in [4.69, 9.17) is 16.5 Å². The van der Waals surface area contributed by atoms with E-state index in [2.05, 4.69) is 185 Å². The van der Waals surface area contributed by atoms with Gasteiger partial charge in [-0.2, -0.15) is 0 Å². The van der Waals surface area contributed by atoms with E-state index in [1.165, 1.54) is 22.4 Å². The van der Waals surface area contributed by atoms with Gasteiger partial charge in [0.1, 0.15) is 5.75 Å². The molecule has 2 aromatic heterocycles. The van der Waals surface area contributed by atoms with Gasteiger partial charge in [0, 0.05) is 40.1 Å². The lowest BCUT2D eigenvalue weighted by molar-refractivity contribution is 0.477. The largest absolute Gasteiger partial charge is 0.507 e. The van der Waals surface area contributed by atoms with E-state index in [9.17, 15) is 5.11 Å². The van der Waals surface area contributed by atoms with Crippen molar-refractivity contribution in [1.29, 1.82) is 0 Å². The van der Waals surface area contributed by atoms with Crippen molar-refractivity contribution in [3.05, 3.63) is 216 Å². The van der Waals surface area contributed by atoms with Gasteiger partial charge in [-0.05, 0) is 110 Å². The molecule has 2 aliphatic rings. The van der Waals surface area contributed by atoms with Crippen LogP contribution in [0, 0.1) is 6.57 Å². The van der Waals surface area contributed by atoms with Gasteiger partial charge in [-0.15, -0.1) is 0 Å². The number of hydrogen-bond acceptors (Lipinski definition) is 4. The highest BCUT2D eigenvalue weighted by Gasteiger charge is 2.39. The number of aromatic nitrogens is 2. The summed E-state index contributed by atoms with van der Waals surface area (Å²) in [5.41, 5.74) is 17.2. The average molecular weight is 857 g/mol. The summed E-state index contributed by atoms with van der Waals surface area (Å²) in [5.74, 6) is 0.395. The number of fused-ring (bicyclic) bond motifs is 3. The van der Waals surface area contributed by atoms with Gasteiger partial charge in [-0.3, -0.25) is 4.98 Å². The van der Waals surface area contributed by atoms with Gasteiger partial charge >= 0.3 is 0 Å². The third-order valence-electron chi connectivity index (χ3n) is 13.1. The Labute approximate surface area is 389 Å². The van der Waals surface area contributed by atoms with Crippen molar-refractivity contribution in [3.8, 4) is 72.9 Å². The highest BCUT2D eigenvalue weighted by Crippen LogP contribution is 2.52. The zero-order valence-electron chi connectivity index (χ0n) is 38.3. The number of nitrogens with zero attached hydrogens (tertiary/aromatic N) is 4. The van der Waals surface area contributed by atoms with Crippen LogP contribution >= 0.6 is 0 Å². The van der Waals surface area contributed by atoms with Gasteiger partial charge < -0.3 is 10.0 Å². The highest BCUT2D eigenvalue weighted by atomic mass is 16.3. The Balaban J connectivity index is 1.18. The first kappa shape index (κ1) is 42.2. The number of anilines is 2. The monoisotopic (exact) mass is 856 g/mol. The number of hydrogen-bond donors (Lipinski definition) is 1. The van der Waals surface area contributed by atoms with E-state index in [0.717, 1.165) is 61.6 Å². The van der Waals surface area contributed by atoms with Crippen LogP contribution in [-0.4, -0.2) is 21.1 Å². The minimum atomic E-state index is -0.0771. The first-order chi connectivity index (χ1) is 31.9. The zero-order chi connectivity index (χ0) is 45.7. The van der Waals surface area contributed by atoms with Crippen molar-refractivity contribution in [1.82, 2.24) is 9.97 Å². The Bertz CT molecular complexity index is 3240. The van der Waals surface area contributed by atoms with Crippen molar-refractivity contribution < 1.29 is 5.11 Å². The third-order valence-corrected chi connectivity index (χ3v) is 13.1. The third kappa shape index (κ3) is 7.79. The molecule has 3 heterocycles. The fourth-order valence-corrected chi connectivity index (χ4v) is 9.53.